The largest absolute Gasteiger partial charge is 0.448 e. The van der Waals surface area contributed by atoms with Gasteiger partial charge in [-0.3, -0.25) is 4.79 Å². The van der Waals surface area contributed by atoms with Crippen molar-refractivity contribution in [2.45, 2.75) is 6.92 Å². The Morgan fingerprint density at radius 2 is 2.12 bits per heavy atom. The first-order chi connectivity index (χ1) is 8.18. The standard InChI is InChI=1S/C11H19N3O3/c1-9(8-14-6-7-17-11(14)16)10(15)13-4-2-12-3-5-13/h9,12H,2-8H2,1H3. The number of carbonyl (C=O) groups excluding carboxylic acids is 2. The third-order valence-corrected chi connectivity index (χ3v) is 3.19. The van der Waals surface area contributed by atoms with E-state index in [9.17, 15) is 9.59 Å². The molecule has 0 aliphatic carbocycles. The lowest BCUT2D eigenvalue weighted by Crippen LogP contribution is -2.49. The summed E-state index contributed by atoms with van der Waals surface area (Å²) >= 11 is 0. The van der Waals surface area contributed by atoms with Crippen molar-refractivity contribution in [3.8, 4) is 0 Å². The maximum atomic E-state index is 12.1. The van der Waals surface area contributed by atoms with Gasteiger partial charge >= 0.3 is 6.09 Å². The maximum absolute atomic E-state index is 12.1. The summed E-state index contributed by atoms with van der Waals surface area (Å²) in [5.41, 5.74) is 0. The predicted molar refractivity (Wildman–Crippen MR) is 61.5 cm³/mol. The summed E-state index contributed by atoms with van der Waals surface area (Å²) in [4.78, 5) is 26.9. The van der Waals surface area contributed by atoms with Gasteiger partial charge in [-0.2, -0.15) is 0 Å². The third kappa shape index (κ3) is 2.88. The van der Waals surface area contributed by atoms with Crippen molar-refractivity contribution < 1.29 is 14.3 Å². The molecular weight excluding hydrogens is 222 g/mol. The zero-order valence-corrected chi connectivity index (χ0v) is 10.1. The fourth-order valence-corrected chi connectivity index (χ4v) is 2.20. The molecule has 2 fully saturated rings. The number of piperazine rings is 1. The van der Waals surface area contributed by atoms with Gasteiger partial charge in [-0.05, 0) is 0 Å². The van der Waals surface area contributed by atoms with Crippen LogP contribution in [-0.2, 0) is 9.53 Å². The Labute approximate surface area is 101 Å². The van der Waals surface area contributed by atoms with E-state index < -0.39 is 0 Å². The van der Waals surface area contributed by atoms with Gasteiger partial charge in [0, 0.05) is 32.7 Å². The second-order valence-corrected chi connectivity index (χ2v) is 4.54. The molecule has 1 unspecified atom stereocenters. The normalized spacial score (nSPS) is 22.5. The Kier molecular flexibility index (Phi) is 3.83. The molecule has 96 valence electrons. The minimum absolute atomic E-state index is 0.131. The van der Waals surface area contributed by atoms with Crippen molar-refractivity contribution >= 4 is 12.0 Å². The molecule has 2 rings (SSSR count). The lowest BCUT2D eigenvalue weighted by Gasteiger charge is -2.30. The van der Waals surface area contributed by atoms with Crippen LogP contribution in [-0.4, -0.2) is 67.7 Å². The van der Waals surface area contributed by atoms with Gasteiger partial charge in [-0.1, -0.05) is 6.92 Å². The summed E-state index contributed by atoms with van der Waals surface area (Å²) in [6.45, 7) is 6.58. The second kappa shape index (κ2) is 5.35. The van der Waals surface area contributed by atoms with E-state index in [1.54, 1.807) is 4.90 Å². The SMILES string of the molecule is CC(CN1CCOC1=O)C(=O)N1CCNCC1. The van der Waals surface area contributed by atoms with Crippen molar-refractivity contribution in [3.05, 3.63) is 0 Å². The Morgan fingerprint density at radius 1 is 1.41 bits per heavy atom. The molecule has 0 aromatic rings. The molecule has 2 aliphatic heterocycles. The number of amides is 2. The molecular formula is C11H19N3O3. The van der Waals surface area contributed by atoms with E-state index in [0.29, 0.717) is 19.7 Å². The van der Waals surface area contributed by atoms with Crippen molar-refractivity contribution in [1.82, 2.24) is 15.1 Å². The molecule has 0 aromatic carbocycles. The lowest BCUT2D eigenvalue weighted by molar-refractivity contribution is -0.135. The van der Waals surface area contributed by atoms with Crippen molar-refractivity contribution in [2.75, 3.05) is 45.9 Å². The minimum Gasteiger partial charge on any atom is -0.448 e. The van der Waals surface area contributed by atoms with Crippen LogP contribution in [0.3, 0.4) is 0 Å². The zero-order chi connectivity index (χ0) is 12.3. The molecule has 0 spiro atoms. The second-order valence-electron chi connectivity index (χ2n) is 4.54. The number of hydrogen-bond acceptors (Lipinski definition) is 4. The molecule has 17 heavy (non-hydrogen) atoms. The van der Waals surface area contributed by atoms with Gasteiger partial charge in [0.15, 0.2) is 0 Å². The molecule has 2 heterocycles. The summed E-state index contributed by atoms with van der Waals surface area (Å²) in [6, 6.07) is 0. The van der Waals surface area contributed by atoms with Crippen LogP contribution in [0.4, 0.5) is 4.79 Å². The summed E-state index contributed by atoms with van der Waals surface area (Å²) in [6.07, 6.45) is -0.301. The molecule has 2 aliphatic rings. The molecule has 6 heteroatoms. The Hall–Kier alpha value is -1.30. The first-order valence-electron chi connectivity index (χ1n) is 6.09. The highest BCUT2D eigenvalue weighted by atomic mass is 16.6. The van der Waals surface area contributed by atoms with E-state index in [4.69, 9.17) is 4.74 Å². The molecule has 1 N–H and O–H groups in total. The van der Waals surface area contributed by atoms with Gasteiger partial charge in [0.05, 0.1) is 12.5 Å². The number of rotatable bonds is 3. The highest BCUT2D eigenvalue weighted by Crippen LogP contribution is 2.10. The fraction of sp³-hybridized carbons (Fsp3) is 0.818. The van der Waals surface area contributed by atoms with E-state index in [0.717, 1.165) is 26.2 Å². The van der Waals surface area contributed by atoms with Gasteiger partial charge in [0.2, 0.25) is 5.91 Å². The predicted octanol–water partition coefficient (Wildman–Crippen LogP) is -0.493. The maximum Gasteiger partial charge on any atom is 0.409 e. The summed E-state index contributed by atoms with van der Waals surface area (Å²) in [5.74, 6) is -0.0232. The van der Waals surface area contributed by atoms with Gasteiger partial charge in [0.25, 0.3) is 0 Å². The smallest absolute Gasteiger partial charge is 0.409 e. The van der Waals surface area contributed by atoms with Crippen LogP contribution in [0.5, 0.6) is 0 Å². The fourth-order valence-electron chi connectivity index (χ4n) is 2.20. The van der Waals surface area contributed by atoms with Crippen LogP contribution < -0.4 is 5.32 Å². The van der Waals surface area contributed by atoms with E-state index in [-0.39, 0.29) is 17.9 Å². The zero-order valence-electron chi connectivity index (χ0n) is 10.1. The Balaban J connectivity index is 1.83. The first-order valence-corrected chi connectivity index (χ1v) is 6.09. The van der Waals surface area contributed by atoms with Crippen molar-refractivity contribution in [1.29, 1.82) is 0 Å². The number of cyclic esters (lactones) is 1. The molecule has 0 bridgehead atoms. The number of nitrogens with zero attached hydrogens (tertiary/aromatic N) is 2. The van der Waals surface area contributed by atoms with E-state index >= 15 is 0 Å². The number of carbonyl (C=O) groups is 2. The number of nitrogens with one attached hydrogen (secondary N) is 1. The van der Waals surface area contributed by atoms with Crippen LogP contribution >= 0.6 is 0 Å². The molecule has 0 saturated carbocycles. The Morgan fingerprint density at radius 3 is 2.71 bits per heavy atom. The average Bonchev–Trinajstić information content (AvgIpc) is 2.75. The molecule has 6 nitrogen and oxygen atoms in total. The van der Waals surface area contributed by atoms with Crippen LogP contribution in [0.2, 0.25) is 0 Å². The Bertz CT molecular complexity index is 302. The molecule has 0 aromatic heterocycles. The molecule has 0 radical (unpaired) electrons. The van der Waals surface area contributed by atoms with Crippen molar-refractivity contribution in [3.63, 3.8) is 0 Å². The summed E-state index contributed by atoms with van der Waals surface area (Å²) < 4.78 is 4.84. The molecule has 2 saturated heterocycles. The monoisotopic (exact) mass is 241 g/mol. The van der Waals surface area contributed by atoms with Crippen molar-refractivity contribution in [2.24, 2.45) is 5.92 Å². The van der Waals surface area contributed by atoms with Crippen LogP contribution in [0, 0.1) is 5.92 Å². The van der Waals surface area contributed by atoms with E-state index in [1.165, 1.54) is 0 Å². The van der Waals surface area contributed by atoms with E-state index in [2.05, 4.69) is 5.32 Å². The number of hydrogen-bond donors (Lipinski definition) is 1. The highest BCUT2D eigenvalue weighted by molar-refractivity contribution is 5.79. The topological polar surface area (TPSA) is 61.9 Å². The van der Waals surface area contributed by atoms with Crippen LogP contribution in [0.25, 0.3) is 0 Å². The average molecular weight is 241 g/mol. The van der Waals surface area contributed by atoms with Crippen LogP contribution in [0.1, 0.15) is 6.92 Å². The first kappa shape index (κ1) is 12.2. The van der Waals surface area contributed by atoms with E-state index in [1.807, 2.05) is 11.8 Å². The lowest BCUT2D eigenvalue weighted by atomic mass is 10.1. The molecule has 2 amide bonds. The third-order valence-electron chi connectivity index (χ3n) is 3.19. The van der Waals surface area contributed by atoms with Crippen LogP contribution in [0.15, 0.2) is 0 Å². The quantitative estimate of drug-likeness (QED) is 0.724. The number of ether oxygens (including phenoxy) is 1. The minimum atomic E-state index is -0.301. The van der Waals surface area contributed by atoms with Gasteiger partial charge < -0.3 is 19.9 Å². The summed E-state index contributed by atoms with van der Waals surface area (Å²) in [7, 11) is 0. The van der Waals surface area contributed by atoms with Gasteiger partial charge in [0.1, 0.15) is 6.61 Å². The van der Waals surface area contributed by atoms with Gasteiger partial charge in [-0.25, -0.2) is 4.79 Å². The molecule has 1 atom stereocenters. The highest BCUT2D eigenvalue weighted by Gasteiger charge is 2.28. The summed E-state index contributed by atoms with van der Waals surface area (Å²) in [5, 5.41) is 3.21. The van der Waals surface area contributed by atoms with Gasteiger partial charge in [-0.15, -0.1) is 0 Å².